The quantitative estimate of drug-likeness (QED) is 0.700. The second kappa shape index (κ2) is 5.90. The van der Waals surface area contributed by atoms with Gasteiger partial charge in [-0.3, -0.25) is 0 Å². The predicted octanol–water partition coefficient (Wildman–Crippen LogP) is 1.41. The van der Waals surface area contributed by atoms with Crippen LogP contribution in [0.1, 0.15) is 5.82 Å². The van der Waals surface area contributed by atoms with Gasteiger partial charge in [-0.05, 0) is 28.1 Å². The van der Waals surface area contributed by atoms with Crippen LogP contribution in [0, 0.1) is 5.82 Å². The third-order valence-electron chi connectivity index (χ3n) is 2.55. The van der Waals surface area contributed by atoms with Gasteiger partial charge in [0.25, 0.3) is 0 Å². The Labute approximate surface area is 123 Å². The van der Waals surface area contributed by atoms with Crippen molar-refractivity contribution in [2.75, 3.05) is 12.3 Å². The topological polar surface area (TPSA) is 101 Å². The van der Waals surface area contributed by atoms with Crippen LogP contribution in [0.4, 0.5) is 10.1 Å². The Balaban J connectivity index is 2.12. The van der Waals surface area contributed by atoms with Crippen LogP contribution in [-0.4, -0.2) is 24.9 Å². The van der Waals surface area contributed by atoms with E-state index < -0.39 is 15.8 Å². The number of anilines is 1. The molecule has 0 saturated carbocycles. The van der Waals surface area contributed by atoms with E-state index in [4.69, 9.17) is 5.73 Å². The first-order valence-corrected chi connectivity index (χ1v) is 7.90. The number of H-pyrrole nitrogens is 1. The molecule has 0 aliphatic heterocycles. The van der Waals surface area contributed by atoms with Gasteiger partial charge in [0.1, 0.15) is 11.6 Å². The summed E-state index contributed by atoms with van der Waals surface area (Å²) in [5.41, 5.74) is 5.17. The van der Waals surface area contributed by atoms with Gasteiger partial charge in [0.05, 0.1) is 10.6 Å². The van der Waals surface area contributed by atoms with Crippen LogP contribution >= 0.6 is 15.9 Å². The van der Waals surface area contributed by atoms with Crippen LogP contribution in [0.3, 0.4) is 0 Å². The third kappa shape index (κ3) is 3.35. The van der Waals surface area contributed by atoms with Crippen molar-refractivity contribution >= 4 is 31.6 Å². The fourth-order valence-corrected chi connectivity index (χ4v) is 3.65. The minimum Gasteiger partial charge on any atom is -0.396 e. The monoisotopic (exact) mass is 362 g/mol. The Bertz CT molecular complexity index is 703. The highest BCUT2D eigenvalue weighted by Crippen LogP contribution is 2.26. The van der Waals surface area contributed by atoms with Crippen LogP contribution in [0.2, 0.25) is 0 Å². The summed E-state index contributed by atoms with van der Waals surface area (Å²) >= 11 is 3.01. The van der Waals surface area contributed by atoms with E-state index in [0.29, 0.717) is 12.2 Å². The van der Waals surface area contributed by atoms with Crippen molar-refractivity contribution < 1.29 is 12.8 Å². The number of nitrogens with two attached hydrogens (primary N) is 1. The fraction of sp³-hybridized carbons (Fsp3) is 0.182. The summed E-state index contributed by atoms with van der Waals surface area (Å²) in [6.07, 6.45) is 3.66. The zero-order valence-electron chi connectivity index (χ0n) is 10.2. The maximum atomic E-state index is 13.2. The van der Waals surface area contributed by atoms with Crippen LogP contribution in [0.5, 0.6) is 0 Å². The second-order valence-corrected chi connectivity index (χ2v) is 6.58. The molecule has 9 heteroatoms. The van der Waals surface area contributed by atoms with E-state index in [2.05, 4.69) is 30.6 Å². The van der Waals surface area contributed by atoms with Crippen molar-refractivity contribution in [3.63, 3.8) is 0 Å². The number of sulfonamides is 1. The molecule has 1 aromatic carbocycles. The molecule has 0 fully saturated rings. The molecule has 0 radical (unpaired) electrons. The predicted molar refractivity (Wildman–Crippen MR) is 76.0 cm³/mol. The Morgan fingerprint density at radius 1 is 1.45 bits per heavy atom. The Kier molecular flexibility index (Phi) is 4.41. The summed E-state index contributed by atoms with van der Waals surface area (Å²) in [7, 11) is -3.77. The lowest BCUT2D eigenvalue weighted by molar-refractivity contribution is 0.579. The number of aromatic amines is 1. The maximum Gasteiger partial charge on any atom is 0.241 e. The number of aromatic nitrogens is 2. The van der Waals surface area contributed by atoms with Crippen LogP contribution in [-0.2, 0) is 16.4 Å². The average molecular weight is 363 g/mol. The molecule has 2 rings (SSSR count). The van der Waals surface area contributed by atoms with Gasteiger partial charge in [0.2, 0.25) is 10.0 Å². The number of nitrogens with one attached hydrogen (secondary N) is 2. The molecular weight excluding hydrogens is 351 g/mol. The highest BCUT2D eigenvalue weighted by molar-refractivity contribution is 9.10. The van der Waals surface area contributed by atoms with Crippen molar-refractivity contribution in [3.8, 4) is 0 Å². The smallest absolute Gasteiger partial charge is 0.241 e. The Morgan fingerprint density at radius 2 is 2.20 bits per heavy atom. The molecule has 0 spiro atoms. The van der Waals surface area contributed by atoms with Crippen LogP contribution in [0.25, 0.3) is 0 Å². The molecule has 4 N–H and O–H groups in total. The lowest BCUT2D eigenvalue weighted by atomic mass is 10.3. The van der Waals surface area contributed by atoms with Gasteiger partial charge in [-0.25, -0.2) is 22.5 Å². The summed E-state index contributed by atoms with van der Waals surface area (Å²) in [5, 5.41) is 0. The number of halogens is 2. The second-order valence-electron chi connectivity index (χ2n) is 3.99. The molecule has 0 saturated heterocycles. The molecule has 0 unspecified atom stereocenters. The number of rotatable bonds is 5. The van der Waals surface area contributed by atoms with Gasteiger partial charge in [-0.1, -0.05) is 0 Å². The van der Waals surface area contributed by atoms with Gasteiger partial charge >= 0.3 is 0 Å². The number of imidazole rings is 1. The van der Waals surface area contributed by atoms with Gasteiger partial charge in [-0.2, -0.15) is 0 Å². The molecule has 1 heterocycles. The Hall–Kier alpha value is -1.45. The van der Waals surface area contributed by atoms with Gasteiger partial charge < -0.3 is 10.7 Å². The van der Waals surface area contributed by atoms with Gasteiger partial charge in [-0.15, -0.1) is 0 Å². The number of benzene rings is 1. The summed E-state index contributed by atoms with van der Waals surface area (Å²) in [5.74, 6) is -0.00297. The Morgan fingerprint density at radius 3 is 2.85 bits per heavy atom. The summed E-state index contributed by atoms with van der Waals surface area (Å²) in [6, 6.07) is 2.10. The number of hydrogen-bond donors (Lipinski definition) is 3. The molecule has 0 atom stereocenters. The van der Waals surface area contributed by atoms with E-state index in [1.54, 1.807) is 12.4 Å². The SMILES string of the molecule is Nc1cc(S(=O)(=O)NCCc2ncc[nH]2)c(Br)cc1F. The highest BCUT2D eigenvalue weighted by atomic mass is 79.9. The fourth-order valence-electron chi connectivity index (χ4n) is 1.57. The van der Waals surface area contributed by atoms with Crippen molar-refractivity contribution in [2.45, 2.75) is 11.3 Å². The van der Waals surface area contributed by atoms with Gasteiger partial charge in [0.15, 0.2) is 0 Å². The normalized spacial score (nSPS) is 11.7. The molecule has 0 bridgehead atoms. The van der Waals surface area contributed by atoms with E-state index in [1.807, 2.05) is 0 Å². The minimum atomic E-state index is -3.77. The van der Waals surface area contributed by atoms with E-state index in [0.717, 1.165) is 12.1 Å². The molecule has 1 aromatic heterocycles. The number of nitrogen functional groups attached to an aromatic ring is 1. The summed E-state index contributed by atoms with van der Waals surface area (Å²) in [6.45, 7) is 0.166. The summed E-state index contributed by atoms with van der Waals surface area (Å²) in [4.78, 5) is 6.75. The average Bonchev–Trinajstić information content (AvgIpc) is 2.86. The largest absolute Gasteiger partial charge is 0.396 e. The summed E-state index contributed by atoms with van der Waals surface area (Å²) < 4.78 is 39.9. The van der Waals surface area contributed by atoms with Gasteiger partial charge in [0, 0.05) is 29.8 Å². The first-order chi connectivity index (χ1) is 9.40. The zero-order valence-corrected chi connectivity index (χ0v) is 12.6. The lowest BCUT2D eigenvalue weighted by Gasteiger charge is -2.09. The molecule has 20 heavy (non-hydrogen) atoms. The molecular formula is C11H12BrFN4O2S. The molecule has 2 aromatic rings. The highest BCUT2D eigenvalue weighted by Gasteiger charge is 2.19. The standard InChI is InChI=1S/C11H12BrFN4O2S/c12-7-5-8(13)9(14)6-10(7)20(18,19)17-2-1-11-15-3-4-16-11/h3-6,17H,1-2,14H2,(H,15,16). The first-order valence-electron chi connectivity index (χ1n) is 5.62. The number of hydrogen-bond acceptors (Lipinski definition) is 4. The maximum absolute atomic E-state index is 13.2. The van der Waals surface area contributed by atoms with Crippen molar-refractivity contribution in [1.29, 1.82) is 0 Å². The minimum absolute atomic E-state index is 0.101. The third-order valence-corrected chi connectivity index (χ3v) is 4.97. The zero-order chi connectivity index (χ0) is 14.8. The van der Waals surface area contributed by atoms with E-state index in [-0.39, 0.29) is 21.6 Å². The molecule has 108 valence electrons. The van der Waals surface area contributed by atoms with Crippen molar-refractivity contribution in [1.82, 2.24) is 14.7 Å². The van der Waals surface area contributed by atoms with E-state index >= 15 is 0 Å². The van der Waals surface area contributed by atoms with Crippen LogP contribution in [0.15, 0.2) is 33.9 Å². The van der Waals surface area contributed by atoms with E-state index in [9.17, 15) is 12.8 Å². The van der Waals surface area contributed by atoms with Crippen molar-refractivity contribution in [2.24, 2.45) is 0 Å². The number of nitrogens with zero attached hydrogens (tertiary/aromatic N) is 1. The first kappa shape index (κ1) is 14.9. The molecule has 6 nitrogen and oxygen atoms in total. The van der Waals surface area contributed by atoms with E-state index in [1.165, 1.54) is 0 Å². The van der Waals surface area contributed by atoms with Crippen molar-refractivity contribution in [3.05, 3.63) is 40.6 Å². The molecule has 0 aliphatic rings. The molecule has 0 aliphatic carbocycles. The van der Waals surface area contributed by atoms with Crippen LogP contribution < -0.4 is 10.5 Å². The lowest BCUT2D eigenvalue weighted by Crippen LogP contribution is -2.26. The molecule has 0 amide bonds.